The van der Waals surface area contributed by atoms with E-state index in [-0.39, 0.29) is 11.6 Å². The molecular weight excluding hydrogens is 321 g/mol. The van der Waals surface area contributed by atoms with E-state index in [2.05, 4.69) is 0 Å². The summed E-state index contributed by atoms with van der Waals surface area (Å²) in [5.74, 6) is -2.17. The van der Waals surface area contributed by atoms with Gasteiger partial charge < -0.3 is 5.11 Å². The van der Waals surface area contributed by atoms with Gasteiger partial charge in [0.25, 0.3) is 0 Å². The number of amides is 1. The average Bonchev–Trinajstić information content (AvgIpc) is 2.49. The Morgan fingerprint density at radius 2 is 1.96 bits per heavy atom. The highest BCUT2D eigenvalue weighted by Crippen LogP contribution is 2.34. The molecule has 0 aliphatic rings. The number of anilines is 2. The Hall–Kier alpha value is -2.40. The first kappa shape index (κ1) is 17.0. The van der Waals surface area contributed by atoms with Crippen LogP contribution in [0.4, 0.5) is 15.8 Å². The molecule has 0 saturated heterocycles. The van der Waals surface area contributed by atoms with Crippen LogP contribution in [0.15, 0.2) is 36.4 Å². The Bertz CT molecular complexity index is 761. The molecule has 0 spiro atoms. The molecule has 2 aromatic rings. The Labute approximate surface area is 138 Å². The van der Waals surface area contributed by atoms with Crippen LogP contribution in [0.3, 0.4) is 0 Å². The number of carboxylic acids is 1. The van der Waals surface area contributed by atoms with Crippen LogP contribution >= 0.6 is 11.6 Å². The number of hydrogen-bond donors (Lipinski definition) is 1. The molecule has 0 bridgehead atoms. The van der Waals surface area contributed by atoms with Gasteiger partial charge in [-0.2, -0.15) is 0 Å². The van der Waals surface area contributed by atoms with Crippen LogP contribution < -0.4 is 4.90 Å². The molecule has 0 atom stereocenters. The fourth-order valence-electron chi connectivity index (χ4n) is 2.29. The fraction of sp³-hybridized carbons (Fsp3) is 0.176. The lowest BCUT2D eigenvalue weighted by atomic mass is 10.00. The van der Waals surface area contributed by atoms with Gasteiger partial charge in [0.05, 0.1) is 16.9 Å². The van der Waals surface area contributed by atoms with Crippen molar-refractivity contribution in [1.29, 1.82) is 0 Å². The second kappa shape index (κ2) is 6.79. The number of carboxylic acid groups (broad SMARTS) is 1. The maximum atomic E-state index is 13.9. The molecule has 4 nitrogen and oxygen atoms in total. The lowest BCUT2D eigenvalue weighted by Crippen LogP contribution is -2.17. The van der Waals surface area contributed by atoms with E-state index < -0.39 is 17.3 Å². The lowest BCUT2D eigenvalue weighted by molar-refractivity contribution is -0.106. The van der Waals surface area contributed by atoms with E-state index in [0.29, 0.717) is 17.1 Å². The minimum absolute atomic E-state index is 0.0919. The van der Waals surface area contributed by atoms with Crippen molar-refractivity contribution in [3.8, 4) is 0 Å². The molecule has 1 amide bonds. The van der Waals surface area contributed by atoms with Crippen molar-refractivity contribution in [3.05, 3.63) is 58.4 Å². The molecule has 6 heteroatoms. The smallest absolute Gasteiger partial charge is 0.338 e. The minimum Gasteiger partial charge on any atom is -0.478 e. The number of halogens is 2. The molecular formula is C17H15ClFNO3. The Kier molecular flexibility index (Phi) is 5.01. The van der Waals surface area contributed by atoms with Gasteiger partial charge in [0.1, 0.15) is 5.82 Å². The number of hydrogen-bond acceptors (Lipinski definition) is 2. The molecule has 1 N–H and O–H groups in total. The summed E-state index contributed by atoms with van der Waals surface area (Å²) in [6, 6.07) is 8.61. The van der Waals surface area contributed by atoms with E-state index in [1.807, 2.05) is 13.8 Å². The summed E-state index contributed by atoms with van der Waals surface area (Å²) in [5.41, 5.74) is 1.20. The molecule has 2 rings (SSSR count). The number of nitrogens with zero attached hydrogens (tertiary/aromatic N) is 1. The highest BCUT2D eigenvalue weighted by molar-refractivity contribution is 6.30. The molecule has 0 aromatic heterocycles. The number of carbonyl (C=O) groups is 2. The van der Waals surface area contributed by atoms with E-state index in [4.69, 9.17) is 16.7 Å². The monoisotopic (exact) mass is 335 g/mol. The molecule has 23 heavy (non-hydrogen) atoms. The Morgan fingerprint density at radius 3 is 2.48 bits per heavy atom. The molecule has 0 unspecified atom stereocenters. The summed E-state index contributed by atoms with van der Waals surface area (Å²) in [4.78, 5) is 23.7. The number of carbonyl (C=O) groups excluding carboxylic acids is 1. The maximum Gasteiger partial charge on any atom is 0.338 e. The quantitative estimate of drug-likeness (QED) is 0.813. The Morgan fingerprint density at radius 1 is 1.26 bits per heavy atom. The van der Waals surface area contributed by atoms with Gasteiger partial charge >= 0.3 is 5.97 Å². The van der Waals surface area contributed by atoms with Gasteiger partial charge in [0, 0.05) is 5.02 Å². The largest absolute Gasteiger partial charge is 0.478 e. The van der Waals surface area contributed by atoms with Crippen LogP contribution in [0.2, 0.25) is 5.02 Å². The second-order valence-corrected chi connectivity index (χ2v) is 5.74. The predicted octanol–water partition coefficient (Wildman–Crippen LogP) is 4.60. The van der Waals surface area contributed by atoms with Crippen LogP contribution in [-0.4, -0.2) is 17.5 Å². The summed E-state index contributed by atoms with van der Waals surface area (Å²) in [7, 11) is 0. The van der Waals surface area contributed by atoms with Crippen molar-refractivity contribution in [2.24, 2.45) is 0 Å². The summed E-state index contributed by atoms with van der Waals surface area (Å²) in [6.07, 6.45) is 0.560. The van der Waals surface area contributed by atoms with E-state index >= 15 is 0 Å². The third-order valence-corrected chi connectivity index (χ3v) is 3.67. The van der Waals surface area contributed by atoms with E-state index in [9.17, 15) is 14.0 Å². The average molecular weight is 336 g/mol. The van der Waals surface area contributed by atoms with E-state index in [1.54, 1.807) is 18.2 Å². The van der Waals surface area contributed by atoms with Crippen LogP contribution in [0, 0.1) is 5.82 Å². The van der Waals surface area contributed by atoms with Gasteiger partial charge in [-0.3, -0.25) is 9.69 Å². The lowest BCUT2D eigenvalue weighted by Gasteiger charge is -2.23. The summed E-state index contributed by atoms with van der Waals surface area (Å²) < 4.78 is 13.9. The first-order valence-corrected chi connectivity index (χ1v) is 7.29. The molecule has 0 radical (unpaired) electrons. The zero-order valence-corrected chi connectivity index (χ0v) is 13.3. The summed E-state index contributed by atoms with van der Waals surface area (Å²) in [5, 5.41) is 9.42. The third-order valence-electron chi connectivity index (χ3n) is 3.44. The minimum atomic E-state index is -1.36. The maximum absolute atomic E-state index is 13.9. The van der Waals surface area contributed by atoms with Crippen LogP contribution in [0.1, 0.15) is 35.7 Å². The molecule has 0 saturated carbocycles. The van der Waals surface area contributed by atoms with Gasteiger partial charge in [-0.1, -0.05) is 25.4 Å². The number of benzene rings is 2. The molecule has 0 heterocycles. The summed E-state index contributed by atoms with van der Waals surface area (Å²) >= 11 is 6.00. The van der Waals surface area contributed by atoms with Gasteiger partial charge in [0.15, 0.2) is 0 Å². The molecule has 2 aromatic carbocycles. The fourth-order valence-corrected chi connectivity index (χ4v) is 2.47. The third kappa shape index (κ3) is 3.51. The number of aromatic carboxylic acids is 1. The molecule has 0 aliphatic carbocycles. The topological polar surface area (TPSA) is 57.6 Å². The van der Waals surface area contributed by atoms with Gasteiger partial charge in [-0.05, 0) is 47.9 Å². The SMILES string of the molecule is CC(C)c1cc(Cl)ccc1N(C=O)c1ccc(C(=O)O)c(F)c1. The van der Waals surface area contributed by atoms with Crippen LogP contribution in [-0.2, 0) is 4.79 Å². The number of rotatable bonds is 5. The van der Waals surface area contributed by atoms with Crippen molar-refractivity contribution in [2.75, 3.05) is 4.90 Å². The van der Waals surface area contributed by atoms with E-state index in [1.165, 1.54) is 11.0 Å². The van der Waals surface area contributed by atoms with Crippen molar-refractivity contribution in [1.82, 2.24) is 0 Å². The highest BCUT2D eigenvalue weighted by atomic mass is 35.5. The van der Waals surface area contributed by atoms with Crippen LogP contribution in [0.25, 0.3) is 0 Å². The zero-order valence-electron chi connectivity index (χ0n) is 12.6. The van der Waals surface area contributed by atoms with Gasteiger partial charge in [0.2, 0.25) is 6.41 Å². The highest BCUT2D eigenvalue weighted by Gasteiger charge is 2.18. The molecule has 0 fully saturated rings. The van der Waals surface area contributed by atoms with Crippen molar-refractivity contribution in [2.45, 2.75) is 19.8 Å². The predicted molar refractivity (Wildman–Crippen MR) is 87.1 cm³/mol. The molecule has 0 aliphatic heterocycles. The van der Waals surface area contributed by atoms with Crippen molar-refractivity contribution >= 4 is 35.4 Å². The zero-order chi connectivity index (χ0) is 17.1. The second-order valence-electron chi connectivity index (χ2n) is 5.30. The molecule has 120 valence electrons. The van der Waals surface area contributed by atoms with Gasteiger partial charge in [-0.15, -0.1) is 0 Å². The van der Waals surface area contributed by atoms with Crippen molar-refractivity contribution < 1.29 is 19.1 Å². The Balaban J connectivity index is 2.55. The van der Waals surface area contributed by atoms with Crippen molar-refractivity contribution in [3.63, 3.8) is 0 Å². The first-order chi connectivity index (χ1) is 10.8. The van der Waals surface area contributed by atoms with E-state index in [0.717, 1.165) is 17.7 Å². The normalized spacial score (nSPS) is 10.7. The standard InChI is InChI=1S/C17H15ClFNO3/c1-10(2)14-7-11(18)3-6-16(14)20(9-21)12-4-5-13(17(22)23)15(19)8-12/h3-10H,1-2H3,(H,22,23). The van der Waals surface area contributed by atoms with Gasteiger partial charge in [-0.25, -0.2) is 9.18 Å². The first-order valence-electron chi connectivity index (χ1n) is 6.92. The van der Waals surface area contributed by atoms with Crippen LogP contribution in [0.5, 0.6) is 0 Å². The summed E-state index contributed by atoms with van der Waals surface area (Å²) in [6.45, 7) is 3.90.